The number of urea groups is 1. The summed E-state index contributed by atoms with van der Waals surface area (Å²) in [6.07, 6.45) is -0.891. The number of anilines is 1. The maximum Gasteiger partial charge on any atom is 0.418 e. The molecule has 9 heteroatoms. The second kappa shape index (κ2) is 7.77. The van der Waals surface area contributed by atoms with Gasteiger partial charge in [0.1, 0.15) is 0 Å². The van der Waals surface area contributed by atoms with Gasteiger partial charge in [0.15, 0.2) is 0 Å². The lowest BCUT2D eigenvalue weighted by atomic mass is 10.1. The highest BCUT2D eigenvalue weighted by Gasteiger charge is 2.34. The number of piperazine rings is 1. The lowest BCUT2D eigenvalue weighted by Gasteiger charge is -2.34. The Balaban J connectivity index is 1.51. The number of nitrogens with one attached hydrogen (secondary N) is 1. The van der Waals surface area contributed by atoms with Gasteiger partial charge >= 0.3 is 12.2 Å². The largest absolute Gasteiger partial charge is 0.418 e. The van der Waals surface area contributed by atoms with Crippen molar-refractivity contribution in [2.75, 3.05) is 38.0 Å². The number of amides is 2. The molecule has 140 valence electrons. The molecular weight excluding hydrogens is 347 g/mol. The Morgan fingerprint density at radius 2 is 1.81 bits per heavy atom. The normalized spacial score (nSPS) is 15.9. The summed E-state index contributed by atoms with van der Waals surface area (Å²) in [6, 6.07) is 6.35. The molecule has 0 spiro atoms. The molecule has 0 radical (unpaired) electrons. The zero-order valence-electron chi connectivity index (χ0n) is 14.1. The molecule has 2 heterocycles. The van der Waals surface area contributed by atoms with Crippen LogP contribution in [0.15, 0.2) is 42.7 Å². The minimum Gasteiger partial charge on any atom is -0.322 e. The number of carbonyl (C=O) groups is 1. The van der Waals surface area contributed by atoms with E-state index in [0.29, 0.717) is 26.2 Å². The predicted octanol–water partition coefficient (Wildman–Crippen LogP) is 2.75. The number of alkyl halides is 3. The molecule has 0 atom stereocenters. The standard InChI is InChI=1S/C17H20F3N5O/c18-17(19,20)14-4-1-2-5-15(14)22-16(26)24-11-8-23(9-12-24)10-13-25-7-3-6-21-25/h1-7H,8-13H2,(H,22,26). The maximum absolute atomic E-state index is 13.0. The third kappa shape index (κ3) is 4.54. The van der Waals surface area contributed by atoms with Crippen molar-refractivity contribution in [1.29, 1.82) is 0 Å². The summed E-state index contributed by atoms with van der Waals surface area (Å²) in [5.41, 5.74) is -1.06. The number of carbonyl (C=O) groups excluding carboxylic acids is 1. The van der Waals surface area contributed by atoms with E-state index in [4.69, 9.17) is 0 Å². The summed E-state index contributed by atoms with van der Waals surface area (Å²) in [7, 11) is 0. The smallest absolute Gasteiger partial charge is 0.322 e. The third-order valence-electron chi connectivity index (χ3n) is 4.34. The van der Waals surface area contributed by atoms with Gasteiger partial charge in [0, 0.05) is 45.1 Å². The first-order valence-electron chi connectivity index (χ1n) is 8.35. The highest BCUT2D eigenvalue weighted by molar-refractivity contribution is 5.90. The number of aromatic nitrogens is 2. The number of para-hydroxylation sites is 1. The molecule has 2 amide bonds. The fourth-order valence-corrected chi connectivity index (χ4v) is 2.88. The zero-order valence-corrected chi connectivity index (χ0v) is 14.1. The first-order valence-corrected chi connectivity index (χ1v) is 8.35. The Kier molecular flexibility index (Phi) is 5.46. The molecule has 0 saturated carbocycles. The highest BCUT2D eigenvalue weighted by atomic mass is 19.4. The molecule has 26 heavy (non-hydrogen) atoms. The van der Waals surface area contributed by atoms with Gasteiger partial charge in [-0.15, -0.1) is 0 Å². The number of nitrogens with zero attached hydrogens (tertiary/aromatic N) is 4. The summed E-state index contributed by atoms with van der Waals surface area (Å²) in [4.78, 5) is 16.1. The van der Waals surface area contributed by atoms with E-state index in [0.717, 1.165) is 19.2 Å². The summed E-state index contributed by atoms with van der Waals surface area (Å²) < 4.78 is 40.9. The van der Waals surface area contributed by atoms with Crippen LogP contribution in [-0.4, -0.2) is 58.3 Å². The number of hydrogen-bond donors (Lipinski definition) is 1. The van der Waals surface area contributed by atoms with E-state index in [1.807, 2.05) is 16.9 Å². The number of halogens is 3. The Morgan fingerprint density at radius 1 is 1.08 bits per heavy atom. The second-order valence-electron chi connectivity index (χ2n) is 6.07. The van der Waals surface area contributed by atoms with Crippen LogP contribution >= 0.6 is 0 Å². The van der Waals surface area contributed by atoms with Crippen molar-refractivity contribution in [3.63, 3.8) is 0 Å². The first kappa shape index (κ1) is 18.2. The quantitative estimate of drug-likeness (QED) is 0.904. The van der Waals surface area contributed by atoms with Gasteiger partial charge in [0.2, 0.25) is 0 Å². The van der Waals surface area contributed by atoms with E-state index in [1.54, 1.807) is 6.20 Å². The zero-order chi connectivity index (χ0) is 18.6. The second-order valence-corrected chi connectivity index (χ2v) is 6.07. The topological polar surface area (TPSA) is 53.4 Å². The molecule has 0 aliphatic carbocycles. The Labute approximate surface area is 149 Å². The van der Waals surface area contributed by atoms with Crippen molar-refractivity contribution in [2.45, 2.75) is 12.7 Å². The molecule has 1 aromatic heterocycles. The van der Waals surface area contributed by atoms with Crippen LogP contribution in [0.5, 0.6) is 0 Å². The van der Waals surface area contributed by atoms with Crippen molar-refractivity contribution in [3.05, 3.63) is 48.3 Å². The summed E-state index contributed by atoms with van der Waals surface area (Å²) in [6.45, 7) is 3.87. The van der Waals surface area contributed by atoms with E-state index in [-0.39, 0.29) is 5.69 Å². The molecule has 3 rings (SSSR count). The molecule has 0 unspecified atom stereocenters. The average Bonchev–Trinajstić information content (AvgIpc) is 3.13. The average molecular weight is 367 g/mol. The van der Waals surface area contributed by atoms with Crippen molar-refractivity contribution >= 4 is 11.7 Å². The molecule has 1 saturated heterocycles. The van der Waals surface area contributed by atoms with Crippen molar-refractivity contribution in [2.24, 2.45) is 0 Å². The minimum absolute atomic E-state index is 0.217. The van der Waals surface area contributed by atoms with Gasteiger partial charge in [-0.05, 0) is 18.2 Å². The minimum atomic E-state index is -4.50. The first-order chi connectivity index (χ1) is 12.4. The van der Waals surface area contributed by atoms with Crippen LogP contribution in [0.1, 0.15) is 5.56 Å². The van der Waals surface area contributed by atoms with Gasteiger partial charge in [-0.3, -0.25) is 9.58 Å². The van der Waals surface area contributed by atoms with Crippen molar-refractivity contribution < 1.29 is 18.0 Å². The summed E-state index contributed by atoms with van der Waals surface area (Å²) in [5, 5.41) is 6.53. The summed E-state index contributed by atoms with van der Waals surface area (Å²) >= 11 is 0. The van der Waals surface area contributed by atoms with E-state index in [1.165, 1.54) is 23.1 Å². The molecule has 6 nitrogen and oxygen atoms in total. The summed E-state index contributed by atoms with van der Waals surface area (Å²) in [5.74, 6) is 0. The molecule has 0 bridgehead atoms. The van der Waals surface area contributed by atoms with E-state index >= 15 is 0 Å². The van der Waals surface area contributed by atoms with Crippen LogP contribution < -0.4 is 5.32 Å². The van der Waals surface area contributed by atoms with Crippen molar-refractivity contribution in [3.8, 4) is 0 Å². The van der Waals surface area contributed by atoms with E-state index in [2.05, 4.69) is 15.3 Å². The Morgan fingerprint density at radius 3 is 2.46 bits per heavy atom. The van der Waals surface area contributed by atoms with Crippen LogP contribution in [0.2, 0.25) is 0 Å². The lowest BCUT2D eigenvalue weighted by molar-refractivity contribution is -0.136. The highest BCUT2D eigenvalue weighted by Crippen LogP contribution is 2.34. The van der Waals surface area contributed by atoms with Crippen LogP contribution in [0, 0.1) is 0 Å². The Hall–Kier alpha value is -2.55. The third-order valence-corrected chi connectivity index (χ3v) is 4.34. The van der Waals surface area contributed by atoms with Gasteiger partial charge in [0.05, 0.1) is 17.8 Å². The number of benzene rings is 1. The van der Waals surface area contributed by atoms with Crippen LogP contribution in [0.4, 0.5) is 23.7 Å². The number of rotatable bonds is 4. The molecule has 1 aromatic carbocycles. The molecule has 1 N–H and O–H groups in total. The predicted molar refractivity (Wildman–Crippen MR) is 90.7 cm³/mol. The lowest BCUT2D eigenvalue weighted by Crippen LogP contribution is -2.50. The fourth-order valence-electron chi connectivity index (χ4n) is 2.88. The van der Waals surface area contributed by atoms with Gasteiger partial charge in [-0.2, -0.15) is 18.3 Å². The maximum atomic E-state index is 13.0. The van der Waals surface area contributed by atoms with E-state index < -0.39 is 17.8 Å². The molecular formula is C17H20F3N5O. The van der Waals surface area contributed by atoms with Crippen LogP contribution in [0.25, 0.3) is 0 Å². The SMILES string of the molecule is O=C(Nc1ccccc1C(F)(F)F)N1CCN(CCn2cccn2)CC1. The van der Waals surface area contributed by atoms with Gasteiger partial charge in [0.25, 0.3) is 0 Å². The van der Waals surface area contributed by atoms with Crippen molar-refractivity contribution in [1.82, 2.24) is 19.6 Å². The molecule has 1 aliphatic rings. The monoisotopic (exact) mass is 367 g/mol. The van der Waals surface area contributed by atoms with Crippen LogP contribution in [0.3, 0.4) is 0 Å². The molecule has 1 aliphatic heterocycles. The van der Waals surface area contributed by atoms with Gasteiger partial charge in [-0.1, -0.05) is 12.1 Å². The Bertz CT molecular complexity index is 724. The fraction of sp³-hybridized carbons (Fsp3) is 0.412. The molecule has 1 fully saturated rings. The van der Waals surface area contributed by atoms with Crippen LogP contribution in [-0.2, 0) is 12.7 Å². The van der Waals surface area contributed by atoms with Gasteiger partial charge < -0.3 is 10.2 Å². The number of hydrogen-bond acceptors (Lipinski definition) is 3. The van der Waals surface area contributed by atoms with E-state index in [9.17, 15) is 18.0 Å². The van der Waals surface area contributed by atoms with Gasteiger partial charge in [-0.25, -0.2) is 4.79 Å². The molecule has 2 aromatic rings.